The van der Waals surface area contributed by atoms with Crippen LogP contribution in [0.5, 0.6) is 0 Å². The van der Waals surface area contributed by atoms with Gasteiger partial charge in [0.1, 0.15) is 0 Å². The molecule has 1 aromatic rings. The molecule has 1 aliphatic carbocycles. The van der Waals surface area contributed by atoms with Gasteiger partial charge in [0.15, 0.2) is 0 Å². The summed E-state index contributed by atoms with van der Waals surface area (Å²) in [5.74, 6) is -0.984. The van der Waals surface area contributed by atoms with E-state index in [9.17, 15) is 22.8 Å². The Labute approximate surface area is 213 Å². The Morgan fingerprint density at radius 3 is 2.59 bits per heavy atom. The van der Waals surface area contributed by atoms with E-state index in [2.05, 4.69) is 10.1 Å². The summed E-state index contributed by atoms with van der Waals surface area (Å²) in [5, 5.41) is 4.53. The predicted octanol–water partition coefficient (Wildman–Crippen LogP) is 3.66. The fraction of sp³-hybridized carbons (Fsp3) is 0.615. The van der Waals surface area contributed by atoms with Gasteiger partial charge in [0, 0.05) is 50.5 Å². The van der Waals surface area contributed by atoms with E-state index in [0.29, 0.717) is 43.3 Å². The van der Waals surface area contributed by atoms with Crippen molar-refractivity contribution in [3.8, 4) is 0 Å². The highest BCUT2D eigenvalue weighted by Gasteiger charge is 2.40. The van der Waals surface area contributed by atoms with Gasteiger partial charge in [0.05, 0.1) is 41.5 Å². The first kappa shape index (κ1) is 25.8. The highest BCUT2D eigenvalue weighted by Crippen LogP contribution is 2.37. The number of carbonyl (C=O) groups excluding carboxylic acids is 2. The summed E-state index contributed by atoms with van der Waals surface area (Å²) < 4.78 is 45.7. The number of aliphatic imine (C=N–C) groups is 1. The molecule has 11 heteroatoms. The summed E-state index contributed by atoms with van der Waals surface area (Å²) in [7, 11) is 0. The molecule has 3 atom stereocenters. The maximum Gasteiger partial charge on any atom is 0.390 e. The van der Waals surface area contributed by atoms with Crippen molar-refractivity contribution < 1.29 is 27.5 Å². The number of aromatic nitrogens is 2. The van der Waals surface area contributed by atoms with E-state index in [4.69, 9.17) is 4.74 Å². The van der Waals surface area contributed by atoms with Gasteiger partial charge < -0.3 is 9.64 Å². The van der Waals surface area contributed by atoms with Gasteiger partial charge in [-0.2, -0.15) is 18.3 Å². The summed E-state index contributed by atoms with van der Waals surface area (Å²) in [5.41, 5.74) is 3.17. The number of hydrogen-bond donors (Lipinski definition) is 0. The quantitative estimate of drug-likeness (QED) is 0.607. The Balaban J connectivity index is 1.40. The lowest BCUT2D eigenvalue weighted by Gasteiger charge is -2.45. The van der Waals surface area contributed by atoms with Gasteiger partial charge >= 0.3 is 6.18 Å². The summed E-state index contributed by atoms with van der Waals surface area (Å²) in [6.45, 7) is 7.51. The van der Waals surface area contributed by atoms with Crippen LogP contribution in [0.2, 0.25) is 0 Å². The Kier molecular flexibility index (Phi) is 6.86. The predicted molar refractivity (Wildman–Crippen MR) is 131 cm³/mol. The lowest BCUT2D eigenvalue weighted by atomic mass is 9.84. The highest BCUT2D eigenvalue weighted by atomic mass is 19.4. The molecule has 8 nitrogen and oxygen atoms in total. The molecule has 4 heterocycles. The first-order chi connectivity index (χ1) is 17.5. The van der Waals surface area contributed by atoms with Crippen molar-refractivity contribution in [3.63, 3.8) is 0 Å². The number of ether oxygens (including phenoxy) is 1. The summed E-state index contributed by atoms with van der Waals surface area (Å²) >= 11 is 0. The second-order valence-electron chi connectivity index (χ2n) is 10.5. The van der Waals surface area contributed by atoms with Gasteiger partial charge in [-0.15, -0.1) is 0 Å². The van der Waals surface area contributed by atoms with Crippen molar-refractivity contribution in [2.24, 2.45) is 10.9 Å². The lowest BCUT2D eigenvalue weighted by Crippen LogP contribution is -2.59. The van der Waals surface area contributed by atoms with E-state index in [-0.39, 0.29) is 36.5 Å². The Hall–Kier alpha value is -2.79. The number of rotatable bonds is 4. The average molecular weight is 520 g/mol. The van der Waals surface area contributed by atoms with Crippen LogP contribution < -0.4 is 0 Å². The molecular weight excluding hydrogens is 487 g/mol. The van der Waals surface area contributed by atoms with Crippen LogP contribution in [0.25, 0.3) is 5.57 Å². The standard InChI is InChI=1S/C26H32F3N5O3/c1-15-10-22-20(23-21(24(35)31-22)12-30-34(23)18-4-8-37-9-5-18)11-19(15)25(36)33-14-16(2)32(13-17(33)3)7-6-26(27,28)29/h10-12,16-19H,4-9,13-14H2,1-3H3/t16-,17+,19?/m1/s1. The molecule has 0 spiro atoms. The largest absolute Gasteiger partial charge is 0.390 e. The number of fused-ring (bicyclic) bond motifs is 3. The number of alkyl halides is 3. The zero-order chi connectivity index (χ0) is 26.5. The fourth-order valence-electron chi connectivity index (χ4n) is 5.75. The number of allylic oxidation sites excluding steroid dienone is 2. The number of amides is 2. The molecule has 2 fully saturated rings. The maximum atomic E-state index is 13.8. The first-order valence-corrected chi connectivity index (χ1v) is 12.8. The molecule has 4 aliphatic rings. The highest BCUT2D eigenvalue weighted by molar-refractivity contribution is 6.36. The van der Waals surface area contributed by atoms with E-state index in [0.717, 1.165) is 24.0 Å². The van der Waals surface area contributed by atoms with Crippen molar-refractivity contribution >= 4 is 23.1 Å². The third-order valence-corrected chi connectivity index (χ3v) is 7.85. The third-order valence-electron chi connectivity index (χ3n) is 7.85. The second-order valence-corrected chi connectivity index (χ2v) is 10.5. The molecule has 0 N–H and O–H groups in total. The second kappa shape index (κ2) is 9.83. The lowest BCUT2D eigenvalue weighted by molar-refractivity contribution is -0.147. The van der Waals surface area contributed by atoms with E-state index in [1.54, 1.807) is 22.1 Å². The molecule has 37 heavy (non-hydrogen) atoms. The van der Waals surface area contributed by atoms with Gasteiger partial charge in [0.2, 0.25) is 5.91 Å². The van der Waals surface area contributed by atoms with Crippen LogP contribution in [0.4, 0.5) is 13.2 Å². The molecule has 5 rings (SSSR count). The zero-order valence-corrected chi connectivity index (χ0v) is 21.3. The summed E-state index contributed by atoms with van der Waals surface area (Å²) in [4.78, 5) is 34.4. The van der Waals surface area contributed by atoms with Gasteiger partial charge in [-0.3, -0.25) is 19.2 Å². The van der Waals surface area contributed by atoms with Crippen LogP contribution >= 0.6 is 0 Å². The minimum atomic E-state index is -4.21. The van der Waals surface area contributed by atoms with E-state index >= 15 is 0 Å². The third kappa shape index (κ3) is 5.03. The molecular formula is C26H32F3N5O3. The normalized spacial score (nSPS) is 27.3. The molecule has 0 radical (unpaired) electrons. The summed E-state index contributed by atoms with van der Waals surface area (Å²) in [6.07, 6.45) is 1.74. The van der Waals surface area contributed by atoms with E-state index in [1.807, 2.05) is 31.5 Å². The van der Waals surface area contributed by atoms with Crippen LogP contribution in [-0.2, 0) is 9.53 Å². The number of piperazine rings is 1. The number of carbonyl (C=O) groups is 2. The Bertz CT molecular complexity index is 1180. The van der Waals surface area contributed by atoms with E-state index < -0.39 is 18.5 Å². The minimum Gasteiger partial charge on any atom is -0.381 e. The van der Waals surface area contributed by atoms with Crippen LogP contribution in [0.3, 0.4) is 0 Å². The molecule has 1 unspecified atom stereocenters. The van der Waals surface area contributed by atoms with Crippen molar-refractivity contribution in [3.05, 3.63) is 35.2 Å². The SMILES string of the molecule is CC1=CC2=NC(=O)c3cnn(C4CCOCC4)c3C2=CC1C(=O)N1C[C@@H](C)N(CCC(F)(F)F)C[C@@H]1C. The molecule has 2 amide bonds. The molecule has 3 aliphatic heterocycles. The number of halogens is 3. The number of hydrogen-bond acceptors (Lipinski definition) is 5. The van der Waals surface area contributed by atoms with Crippen LogP contribution in [-0.4, -0.2) is 88.2 Å². The topological polar surface area (TPSA) is 80.0 Å². The van der Waals surface area contributed by atoms with Crippen molar-refractivity contribution in [2.75, 3.05) is 32.8 Å². The van der Waals surface area contributed by atoms with Crippen LogP contribution in [0, 0.1) is 5.92 Å². The molecule has 200 valence electrons. The summed E-state index contributed by atoms with van der Waals surface area (Å²) in [6, 6.07) is -0.319. The van der Waals surface area contributed by atoms with Crippen molar-refractivity contribution in [1.82, 2.24) is 19.6 Å². The van der Waals surface area contributed by atoms with Gasteiger partial charge in [-0.1, -0.05) is 11.6 Å². The smallest absolute Gasteiger partial charge is 0.381 e. The zero-order valence-electron chi connectivity index (χ0n) is 21.3. The molecule has 1 aromatic heterocycles. The average Bonchev–Trinajstić information content (AvgIpc) is 3.30. The molecule has 0 bridgehead atoms. The first-order valence-electron chi connectivity index (χ1n) is 12.8. The minimum absolute atomic E-state index is 0.0731. The monoisotopic (exact) mass is 519 g/mol. The number of nitrogens with zero attached hydrogens (tertiary/aromatic N) is 5. The van der Waals surface area contributed by atoms with Crippen LogP contribution in [0.15, 0.2) is 28.9 Å². The van der Waals surface area contributed by atoms with Crippen molar-refractivity contribution in [1.29, 1.82) is 0 Å². The Morgan fingerprint density at radius 1 is 1.16 bits per heavy atom. The van der Waals surface area contributed by atoms with Crippen molar-refractivity contribution in [2.45, 2.75) is 64.3 Å². The maximum absolute atomic E-state index is 13.8. The molecule has 0 saturated carbocycles. The van der Waals surface area contributed by atoms with E-state index in [1.165, 1.54) is 0 Å². The van der Waals surface area contributed by atoms with Gasteiger partial charge in [-0.25, -0.2) is 4.99 Å². The fourth-order valence-corrected chi connectivity index (χ4v) is 5.75. The molecule has 2 saturated heterocycles. The van der Waals surface area contributed by atoms with Crippen LogP contribution in [0.1, 0.15) is 62.1 Å². The Morgan fingerprint density at radius 2 is 1.89 bits per heavy atom. The van der Waals surface area contributed by atoms with Gasteiger partial charge in [-0.05, 0) is 39.7 Å². The van der Waals surface area contributed by atoms with Gasteiger partial charge in [0.25, 0.3) is 5.91 Å². The molecule has 0 aromatic carbocycles.